The molecule has 3 aromatic rings. The molecule has 0 bridgehead atoms. The van der Waals surface area contributed by atoms with E-state index in [1.807, 2.05) is 18.2 Å². The van der Waals surface area contributed by atoms with Crippen LogP contribution in [0, 0.1) is 13.8 Å². The normalized spacial score (nSPS) is 13.8. The van der Waals surface area contributed by atoms with Gasteiger partial charge < -0.3 is 25.3 Å². The Kier molecular flexibility index (Phi) is 10.6. The molecule has 0 atom stereocenters. The summed E-state index contributed by atoms with van der Waals surface area (Å²) in [6.07, 6.45) is -5.08. The number of guanidine groups is 1. The number of anilines is 2. The minimum Gasteiger partial charge on any atom is -0.478 e. The number of halogens is 4. The van der Waals surface area contributed by atoms with Crippen molar-refractivity contribution in [2.75, 3.05) is 36.4 Å². The van der Waals surface area contributed by atoms with Gasteiger partial charge >= 0.3 is 18.1 Å². The number of piperazine rings is 1. The number of aromatic carboxylic acids is 1. The lowest BCUT2D eigenvalue weighted by atomic mass is 10.1. The highest BCUT2D eigenvalue weighted by Crippen LogP contribution is 2.25. The zero-order chi connectivity index (χ0) is 30.2. The van der Waals surface area contributed by atoms with E-state index in [1.165, 1.54) is 11.1 Å². The molecule has 1 saturated heterocycles. The average Bonchev–Trinajstić information content (AvgIpc) is 2.93. The van der Waals surface area contributed by atoms with Crippen LogP contribution in [0.1, 0.15) is 27.0 Å². The summed E-state index contributed by atoms with van der Waals surface area (Å²) in [7, 11) is 0. The molecule has 3 N–H and O–H groups in total. The van der Waals surface area contributed by atoms with Gasteiger partial charge in [0, 0.05) is 42.6 Å². The highest BCUT2D eigenvalue weighted by atomic mass is 35.5. The highest BCUT2D eigenvalue weighted by molar-refractivity contribution is 6.30. The van der Waals surface area contributed by atoms with E-state index >= 15 is 0 Å². The Labute approximate surface area is 240 Å². The van der Waals surface area contributed by atoms with Crippen molar-refractivity contribution in [2.24, 2.45) is 4.99 Å². The number of carboxylic acids is 2. The van der Waals surface area contributed by atoms with Crippen LogP contribution in [0.15, 0.2) is 71.7 Å². The van der Waals surface area contributed by atoms with Crippen molar-refractivity contribution in [1.82, 2.24) is 4.90 Å². The van der Waals surface area contributed by atoms with Gasteiger partial charge in [0.15, 0.2) is 5.96 Å². The summed E-state index contributed by atoms with van der Waals surface area (Å²) in [6.45, 7) is 7.94. The Balaban J connectivity index is 0.000000587. The number of nitrogens with zero attached hydrogens (tertiary/aromatic N) is 3. The van der Waals surface area contributed by atoms with Crippen LogP contribution in [-0.4, -0.2) is 65.4 Å². The molecule has 0 saturated carbocycles. The SMILES string of the molecule is Cc1ccc(CN=C(Nc2cccc(C(=O)O)c2)N2CCN(c3cc(Cl)ccc3C)CC2)cc1.O=C(O)C(F)(F)F. The molecule has 218 valence electrons. The third-order valence-electron chi connectivity index (χ3n) is 6.23. The van der Waals surface area contributed by atoms with Crippen molar-refractivity contribution in [3.05, 3.63) is 94.0 Å². The molecule has 12 heteroatoms. The molecule has 1 fully saturated rings. The summed E-state index contributed by atoms with van der Waals surface area (Å²) < 4.78 is 31.7. The number of aliphatic carboxylic acids is 1. The van der Waals surface area contributed by atoms with Gasteiger partial charge in [-0.3, -0.25) is 0 Å². The molecular formula is C29H30ClF3N4O4. The smallest absolute Gasteiger partial charge is 0.478 e. The maximum Gasteiger partial charge on any atom is 0.490 e. The zero-order valence-corrected chi connectivity index (χ0v) is 23.2. The van der Waals surface area contributed by atoms with Gasteiger partial charge in [-0.05, 0) is 55.3 Å². The number of aryl methyl sites for hydroxylation is 2. The second-order valence-corrected chi connectivity index (χ2v) is 9.78. The number of alkyl halides is 3. The van der Waals surface area contributed by atoms with Crippen molar-refractivity contribution >= 4 is 40.9 Å². The van der Waals surface area contributed by atoms with Gasteiger partial charge in [0.1, 0.15) is 0 Å². The van der Waals surface area contributed by atoms with Crippen LogP contribution in [0.2, 0.25) is 5.02 Å². The molecule has 0 aromatic heterocycles. The molecule has 0 unspecified atom stereocenters. The summed E-state index contributed by atoms with van der Waals surface area (Å²) in [5.74, 6) is -2.97. The second-order valence-electron chi connectivity index (χ2n) is 9.34. The first-order chi connectivity index (χ1) is 19.3. The standard InChI is InChI=1S/C27H29ClN4O2.C2HF3O2/c1-19-6-9-21(10-7-19)18-29-27(30-24-5-3-4-22(16-24)26(33)34)32-14-12-31(13-15-32)25-17-23(28)11-8-20(25)2;3-2(4,5)1(6)7/h3-11,16-17H,12-15,18H2,1-2H3,(H,29,30)(H,33,34);(H,6,7). The third-order valence-corrected chi connectivity index (χ3v) is 6.47. The van der Waals surface area contributed by atoms with E-state index in [0.29, 0.717) is 12.2 Å². The van der Waals surface area contributed by atoms with Crippen molar-refractivity contribution in [3.8, 4) is 0 Å². The lowest BCUT2D eigenvalue weighted by Gasteiger charge is -2.38. The number of benzene rings is 3. The highest BCUT2D eigenvalue weighted by Gasteiger charge is 2.38. The number of aliphatic imine (C=N–C) groups is 1. The third kappa shape index (κ3) is 9.42. The predicted octanol–water partition coefficient (Wildman–Crippen LogP) is 6.08. The first-order valence-electron chi connectivity index (χ1n) is 12.6. The van der Waals surface area contributed by atoms with Crippen LogP contribution < -0.4 is 10.2 Å². The first-order valence-corrected chi connectivity index (χ1v) is 13.0. The lowest BCUT2D eigenvalue weighted by molar-refractivity contribution is -0.192. The number of nitrogens with one attached hydrogen (secondary N) is 1. The minimum absolute atomic E-state index is 0.240. The second kappa shape index (κ2) is 13.9. The summed E-state index contributed by atoms with van der Waals surface area (Å²) in [5, 5.41) is 20.6. The molecule has 41 heavy (non-hydrogen) atoms. The summed E-state index contributed by atoms with van der Waals surface area (Å²) in [6, 6.07) is 21.1. The van der Waals surface area contributed by atoms with E-state index in [4.69, 9.17) is 26.5 Å². The Morgan fingerprint density at radius 2 is 1.59 bits per heavy atom. The predicted molar refractivity (Wildman–Crippen MR) is 153 cm³/mol. The van der Waals surface area contributed by atoms with E-state index in [2.05, 4.69) is 59.3 Å². The zero-order valence-electron chi connectivity index (χ0n) is 22.5. The fourth-order valence-corrected chi connectivity index (χ4v) is 4.19. The van der Waals surface area contributed by atoms with Crippen LogP contribution in [-0.2, 0) is 11.3 Å². The van der Waals surface area contributed by atoms with Crippen molar-refractivity contribution in [1.29, 1.82) is 0 Å². The van der Waals surface area contributed by atoms with Gasteiger partial charge in [-0.2, -0.15) is 13.2 Å². The first kappa shape index (κ1) is 31.3. The Hall–Kier alpha value is -4.25. The number of hydrogen-bond acceptors (Lipinski definition) is 4. The molecular weight excluding hydrogens is 561 g/mol. The molecule has 1 heterocycles. The number of carboxylic acid groups (broad SMARTS) is 2. The van der Waals surface area contributed by atoms with Crippen LogP contribution >= 0.6 is 11.6 Å². The largest absolute Gasteiger partial charge is 0.490 e. The summed E-state index contributed by atoms with van der Waals surface area (Å²) >= 11 is 6.24. The molecule has 1 aliphatic heterocycles. The molecule has 0 aliphatic carbocycles. The number of rotatable bonds is 5. The average molecular weight is 591 g/mol. The number of hydrogen-bond donors (Lipinski definition) is 3. The van der Waals surface area contributed by atoms with Crippen LogP contribution in [0.5, 0.6) is 0 Å². The fourth-order valence-electron chi connectivity index (χ4n) is 4.02. The van der Waals surface area contributed by atoms with Crippen molar-refractivity contribution < 1.29 is 33.0 Å². The Bertz CT molecular complexity index is 1390. The van der Waals surface area contributed by atoms with Gasteiger partial charge in [-0.1, -0.05) is 53.6 Å². The van der Waals surface area contributed by atoms with E-state index in [9.17, 15) is 23.1 Å². The summed E-state index contributed by atoms with van der Waals surface area (Å²) in [5.41, 5.74) is 5.64. The molecule has 1 aliphatic rings. The van der Waals surface area contributed by atoms with Gasteiger partial charge in [0.2, 0.25) is 0 Å². The van der Waals surface area contributed by atoms with Gasteiger partial charge in [0.25, 0.3) is 0 Å². The van der Waals surface area contributed by atoms with Crippen LogP contribution in [0.4, 0.5) is 24.5 Å². The van der Waals surface area contributed by atoms with E-state index in [1.54, 1.807) is 18.2 Å². The molecule has 0 radical (unpaired) electrons. The summed E-state index contributed by atoms with van der Waals surface area (Å²) in [4.78, 5) is 29.8. The Morgan fingerprint density at radius 1 is 0.951 bits per heavy atom. The maximum atomic E-state index is 11.4. The lowest BCUT2D eigenvalue weighted by Crippen LogP contribution is -2.51. The van der Waals surface area contributed by atoms with Gasteiger partial charge in [0.05, 0.1) is 12.1 Å². The maximum absolute atomic E-state index is 11.4. The number of carbonyl (C=O) groups is 2. The van der Waals surface area contributed by atoms with Crippen molar-refractivity contribution in [3.63, 3.8) is 0 Å². The van der Waals surface area contributed by atoms with E-state index in [-0.39, 0.29) is 5.56 Å². The van der Waals surface area contributed by atoms with Crippen molar-refractivity contribution in [2.45, 2.75) is 26.6 Å². The van der Waals surface area contributed by atoms with Crippen LogP contribution in [0.3, 0.4) is 0 Å². The monoisotopic (exact) mass is 590 g/mol. The Morgan fingerprint density at radius 3 is 2.17 bits per heavy atom. The van der Waals surface area contributed by atoms with E-state index < -0.39 is 18.1 Å². The molecule has 4 rings (SSSR count). The van der Waals surface area contributed by atoms with Crippen LogP contribution in [0.25, 0.3) is 0 Å². The van der Waals surface area contributed by atoms with Gasteiger partial charge in [-0.15, -0.1) is 0 Å². The molecule has 3 aromatic carbocycles. The quantitative estimate of drug-likeness (QED) is 0.244. The molecule has 0 spiro atoms. The topological polar surface area (TPSA) is 105 Å². The van der Waals surface area contributed by atoms with Gasteiger partial charge in [-0.25, -0.2) is 14.6 Å². The molecule has 8 nitrogen and oxygen atoms in total. The fraction of sp³-hybridized carbons (Fsp3) is 0.276. The molecule has 0 amide bonds. The minimum atomic E-state index is -5.08. The van der Waals surface area contributed by atoms with E-state index in [0.717, 1.165) is 48.4 Å².